The number of aromatic hydroxyl groups is 1. The molecule has 4 unspecified atom stereocenters. The van der Waals surface area contributed by atoms with Crippen molar-refractivity contribution in [2.75, 3.05) is 0 Å². The maximum atomic E-state index is 13.2. The van der Waals surface area contributed by atoms with E-state index in [0.717, 1.165) is 22.0 Å². The number of aliphatic carboxylic acids is 1. The summed E-state index contributed by atoms with van der Waals surface area (Å²) >= 11 is 0. The minimum atomic E-state index is -1.24. The second kappa shape index (κ2) is 13.5. The van der Waals surface area contributed by atoms with E-state index in [0.29, 0.717) is 5.69 Å². The summed E-state index contributed by atoms with van der Waals surface area (Å²) in [5.74, 6) is -3.10. The molecular formula is C29H33N7O6. The first-order valence-electron chi connectivity index (χ1n) is 13.3. The van der Waals surface area contributed by atoms with Crippen molar-refractivity contribution in [1.82, 2.24) is 30.9 Å². The number of hydrogen-bond donors (Lipinski definition) is 8. The zero-order valence-corrected chi connectivity index (χ0v) is 22.8. The van der Waals surface area contributed by atoms with Crippen LogP contribution in [0.4, 0.5) is 0 Å². The van der Waals surface area contributed by atoms with Gasteiger partial charge in [0.05, 0.1) is 12.4 Å². The van der Waals surface area contributed by atoms with E-state index in [1.54, 1.807) is 18.3 Å². The van der Waals surface area contributed by atoms with Crippen LogP contribution in [0.5, 0.6) is 5.75 Å². The largest absolute Gasteiger partial charge is 0.508 e. The van der Waals surface area contributed by atoms with Crippen LogP contribution in [0.3, 0.4) is 0 Å². The molecule has 0 aliphatic heterocycles. The Morgan fingerprint density at radius 1 is 0.881 bits per heavy atom. The average molecular weight is 576 g/mol. The average Bonchev–Trinajstić information content (AvgIpc) is 3.63. The summed E-state index contributed by atoms with van der Waals surface area (Å²) in [6, 6.07) is 9.20. The molecule has 3 amide bonds. The lowest BCUT2D eigenvalue weighted by Crippen LogP contribution is -2.57. The Labute approximate surface area is 240 Å². The number of aromatic nitrogens is 3. The molecule has 42 heavy (non-hydrogen) atoms. The minimum Gasteiger partial charge on any atom is -0.508 e. The summed E-state index contributed by atoms with van der Waals surface area (Å²) in [6.07, 6.45) is 4.86. The van der Waals surface area contributed by atoms with E-state index >= 15 is 0 Å². The number of phenolic OH excluding ortho intramolecular Hbond substituents is 1. The maximum Gasteiger partial charge on any atom is 0.326 e. The second-order valence-corrected chi connectivity index (χ2v) is 10.0. The highest BCUT2D eigenvalue weighted by atomic mass is 16.4. The normalized spacial score (nSPS) is 14.0. The lowest BCUT2D eigenvalue weighted by atomic mass is 10.0. The molecule has 0 bridgehead atoms. The Kier molecular flexibility index (Phi) is 9.55. The third-order valence-electron chi connectivity index (χ3n) is 6.81. The molecule has 13 heteroatoms. The monoisotopic (exact) mass is 575 g/mol. The molecule has 0 saturated carbocycles. The van der Waals surface area contributed by atoms with Crippen molar-refractivity contribution in [1.29, 1.82) is 0 Å². The molecule has 4 rings (SSSR count). The van der Waals surface area contributed by atoms with E-state index in [-0.39, 0.29) is 25.0 Å². The van der Waals surface area contributed by atoms with Gasteiger partial charge in [-0.3, -0.25) is 14.4 Å². The highest BCUT2D eigenvalue weighted by Gasteiger charge is 2.29. The van der Waals surface area contributed by atoms with Gasteiger partial charge in [0.1, 0.15) is 23.9 Å². The highest BCUT2D eigenvalue weighted by molar-refractivity contribution is 5.94. The molecule has 0 spiro atoms. The van der Waals surface area contributed by atoms with E-state index in [2.05, 4.69) is 30.9 Å². The summed E-state index contributed by atoms with van der Waals surface area (Å²) in [5.41, 5.74) is 8.93. The summed E-state index contributed by atoms with van der Waals surface area (Å²) in [7, 11) is 0. The lowest BCUT2D eigenvalue weighted by Gasteiger charge is -2.23. The molecule has 13 nitrogen and oxygen atoms in total. The number of nitrogens with zero attached hydrogens (tertiary/aromatic N) is 1. The van der Waals surface area contributed by atoms with Gasteiger partial charge < -0.3 is 41.9 Å². The predicted molar refractivity (Wildman–Crippen MR) is 153 cm³/mol. The molecule has 220 valence electrons. The summed E-state index contributed by atoms with van der Waals surface area (Å²) in [6.45, 7) is 1.42. The Morgan fingerprint density at radius 3 is 2.29 bits per heavy atom. The number of nitrogens with two attached hydrogens (primary N) is 1. The number of imidazole rings is 1. The van der Waals surface area contributed by atoms with Crippen LogP contribution in [-0.4, -0.2) is 73.0 Å². The maximum absolute atomic E-state index is 13.2. The Balaban J connectivity index is 1.39. The van der Waals surface area contributed by atoms with Gasteiger partial charge in [-0.15, -0.1) is 0 Å². The fraction of sp³-hybridized carbons (Fsp3) is 0.276. The number of nitrogens with one attached hydrogen (secondary N) is 5. The van der Waals surface area contributed by atoms with Crippen molar-refractivity contribution in [2.24, 2.45) is 5.73 Å². The number of carboxylic acids is 1. The molecule has 0 aliphatic carbocycles. The number of rotatable bonds is 13. The topological polar surface area (TPSA) is 215 Å². The van der Waals surface area contributed by atoms with Gasteiger partial charge in [0, 0.05) is 41.8 Å². The molecule has 4 aromatic rings. The molecule has 2 aromatic heterocycles. The fourth-order valence-corrected chi connectivity index (χ4v) is 4.48. The molecular weight excluding hydrogens is 542 g/mol. The van der Waals surface area contributed by atoms with E-state index < -0.39 is 47.9 Å². The van der Waals surface area contributed by atoms with Crippen LogP contribution in [0, 0.1) is 0 Å². The first-order valence-corrected chi connectivity index (χ1v) is 13.3. The van der Waals surface area contributed by atoms with Crippen LogP contribution >= 0.6 is 0 Å². The lowest BCUT2D eigenvalue weighted by molar-refractivity contribution is -0.142. The van der Waals surface area contributed by atoms with Gasteiger partial charge in [-0.2, -0.15) is 0 Å². The Morgan fingerprint density at radius 2 is 1.60 bits per heavy atom. The van der Waals surface area contributed by atoms with Gasteiger partial charge in [0.15, 0.2) is 0 Å². The Hall–Kier alpha value is -5.17. The van der Waals surface area contributed by atoms with Crippen molar-refractivity contribution in [3.8, 4) is 5.75 Å². The third kappa shape index (κ3) is 7.73. The van der Waals surface area contributed by atoms with Gasteiger partial charge >= 0.3 is 5.97 Å². The van der Waals surface area contributed by atoms with Crippen molar-refractivity contribution in [3.63, 3.8) is 0 Å². The number of amides is 3. The number of phenols is 1. The molecule has 0 radical (unpaired) electrons. The zero-order chi connectivity index (χ0) is 30.2. The van der Waals surface area contributed by atoms with Gasteiger partial charge in [-0.1, -0.05) is 30.3 Å². The van der Waals surface area contributed by atoms with Gasteiger partial charge in [-0.25, -0.2) is 9.78 Å². The number of carbonyl (C=O) groups excluding carboxylic acids is 3. The smallest absolute Gasteiger partial charge is 0.326 e. The van der Waals surface area contributed by atoms with Crippen LogP contribution in [0.15, 0.2) is 67.3 Å². The SMILES string of the molecule is CC(NC(=O)C(Cc1cnc[nH]1)NC(=O)C(N)Cc1ccc(O)cc1)C(=O)NC(Cc1c[nH]c2ccccc12)C(=O)O. The molecule has 0 saturated heterocycles. The van der Waals surface area contributed by atoms with Gasteiger partial charge in [0.2, 0.25) is 17.7 Å². The van der Waals surface area contributed by atoms with Gasteiger partial charge in [-0.05, 0) is 42.7 Å². The summed E-state index contributed by atoms with van der Waals surface area (Å²) < 4.78 is 0. The Bertz CT molecular complexity index is 1530. The molecule has 0 fully saturated rings. The van der Waals surface area contributed by atoms with Crippen LogP contribution in [0.25, 0.3) is 10.9 Å². The van der Waals surface area contributed by atoms with E-state index in [1.165, 1.54) is 31.6 Å². The van der Waals surface area contributed by atoms with Gasteiger partial charge in [0.25, 0.3) is 0 Å². The number of benzene rings is 2. The van der Waals surface area contributed by atoms with Crippen molar-refractivity contribution in [3.05, 3.63) is 84.1 Å². The van der Waals surface area contributed by atoms with E-state index in [1.807, 2.05) is 24.3 Å². The number of carboxylic acid groups (broad SMARTS) is 1. The standard InChI is InChI=1S/C29H33N7O6/c1-16(26(38)36-25(29(41)42)11-18-13-32-23-5-3-2-4-21(18)23)34-28(40)24(12-19-14-31-15-33-19)35-27(39)22(30)10-17-6-8-20(37)9-7-17/h2-9,13-16,22,24-25,32,37H,10-12,30H2,1H3,(H,31,33)(H,34,40)(H,35,39)(H,36,38)(H,41,42). The number of hydrogen-bond acceptors (Lipinski definition) is 7. The number of carbonyl (C=O) groups is 4. The fourth-order valence-electron chi connectivity index (χ4n) is 4.48. The zero-order valence-electron chi connectivity index (χ0n) is 22.8. The quantitative estimate of drug-likeness (QED) is 0.112. The molecule has 9 N–H and O–H groups in total. The summed E-state index contributed by atoms with van der Waals surface area (Å²) in [4.78, 5) is 60.9. The first kappa shape index (κ1) is 29.8. The first-order chi connectivity index (χ1) is 20.1. The van der Waals surface area contributed by atoms with Crippen LogP contribution in [0.1, 0.15) is 23.7 Å². The molecule has 2 heterocycles. The number of H-pyrrole nitrogens is 2. The highest BCUT2D eigenvalue weighted by Crippen LogP contribution is 2.19. The van der Waals surface area contributed by atoms with E-state index in [4.69, 9.17) is 5.73 Å². The second-order valence-electron chi connectivity index (χ2n) is 10.0. The molecule has 2 aromatic carbocycles. The number of para-hydroxylation sites is 1. The van der Waals surface area contributed by atoms with Crippen LogP contribution < -0.4 is 21.7 Å². The van der Waals surface area contributed by atoms with Crippen molar-refractivity contribution in [2.45, 2.75) is 50.4 Å². The molecule has 0 aliphatic rings. The summed E-state index contributed by atoms with van der Waals surface area (Å²) in [5, 5.41) is 27.8. The number of fused-ring (bicyclic) bond motifs is 1. The van der Waals surface area contributed by atoms with E-state index in [9.17, 15) is 29.4 Å². The van der Waals surface area contributed by atoms with Crippen molar-refractivity contribution >= 4 is 34.6 Å². The minimum absolute atomic E-state index is 0.0309. The van der Waals surface area contributed by atoms with Crippen molar-refractivity contribution < 1.29 is 29.4 Å². The predicted octanol–water partition coefficient (Wildman–Crippen LogP) is 0.511. The third-order valence-corrected chi connectivity index (χ3v) is 6.81. The van der Waals surface area contributed by atoms with Crippen LogP contribution in [-0.2, 0) is 38.4 Å². The molecule has 4 atom stereocenters. The number of aromatic amines is 2. The van der Waals surface area contributed by atoms with Crippen LogP contribution in [0.2, 0.25) is 0 Å².